The van der Waals surface area contributed by atoms with Gasteiger partial charge in [-0.3, -0.25) is 4.79 Å². The van der Waals surface area contributed by atoms with Gasteiger partial charge in [0.1, 0.15) is 0 Å². The van der Waals surface area contributed by atoms with E-state index in [-0.39, 0.29) is 12.5 Å². The highest BCUT2D eigenvalue weighted by atomic mass is 19.4. The summed E-state index contributed by atoms with van der Waals surface area (Å²) in [6, 6.07) is 4.24. The summed E-state index contributed by atoms with van der Waals surface area (Å²) in [6.07, 6.45) is -1.89. The molecule has 0 aliphatic heterocycles. The van der Waals surface area contributed by atoms with Crippen molar-refractivity contribution in [3.05, 3.63) is 35.4 Å². The number of carbonyl (C=O) groups is 1. The number of nitrogens with zero attached hydrogens (tertiary/aromatic N) is 1. The van der Waals surface area contributed by atoms with Crippen molar-refractivity contribution in [2.75, 3.05) is 7.05 Å². The molecule has 0 unspecified atom stereocenters. The van der Waals surface area contributed by atoms with Crippen LogP contribution >= 0.6 is 0 Å². The third kappa shape index (κ3) is 5.38. The van der Waals surface area contributed by atoms with Crippen LogP contribution in [0.15, 0.2) is 24.3 Å². The normalized spacial score (nSPS) is 13.0. The van der Waals surface area contributed by atoms with Gasteiger partial charge in [0, 0.05) is 13.6 Å². The number of alkyl halides is 3. The van der Waals surface area contributed by atoms with E-state index < -0.39 is 17.8 Å². The van der Waals surface area contributed by atoms with Crippen molar-refractivity contribution in [1.82, 2.24) is 4.90 Å². The van der Waals surface area contributed by atoms with Crippen molar-refractivity contribution in [2.45, 2.75) is 44.9 Å². The fourth-order valence-electron chi connectivity index (χ4n) is 1.98. The lowest BCUT2D eigenvalue weighted by Gasteiger charge is -2.21. The quantitative estimate of drug-likeness (QED) is 0.877. The Hall–Kier alpha value is -1.56. The Balaban J connectivity index is 2.62. The second kappa shape index (κ2) is 7.45. The van der Waals surface area contributed by atoms with E-state index in [1.54, 1.807) is 7.05 Å². The van der Waals surface area contributed by atoms with Crippen LogP contribution in [0.4, 0.5) is 13.2 Å². The molecule has 21 heavy (non-hydrogen) atoms. The zero-order chi connectivity index (χ0) is 16.0. The Labute approximate surface area is 122 Å². The van der Waals surface area contributed by atoms with Crippen molar-refractivity contribution in [3.8, 4) is 0 Å². The maximum Gasteiger partial charge on any atom is 0.416 e. The number of likely N-dealkylation sites (N-methyl/N-ethyl adjacent to an activating group) is 1. The molecule has 0 aliphatic rings. The topological polar surface area (TPSA) is 46.3 Å². The molecular formula is C15H21F3N2O. The van der Waals surface area contributed by atoms with Gasteiger partial charge in [-0.2, -0.15) is 13.2 Å². The van der Waals surface area contributed by atoms with Gasteiger partial charge in [0.05, 0.1) is 11.6 Å². The Kier molecular flexibility index (Phi) is 6.20. The van der Waals surface area contributed by atoms with Crippen LogP contribution in [0, 0.1) is 0 Å². The fourth-order valence-corrected chi connectivity index (χ4v) is 1.98. The molecule has 0 spiro atoms. The van der Waals surface area contributed by atoms with Gasteiger partial charge in [0.15, 0.2) is 0 Å². The van der Waals surface area contributed by atoms with Gasteiger partial charge in [-0.15, -0.1) is 0 Å². The minimum Gasteiger partial charge on any atom is -0.340 e. The summed E-state index contributed by atoms with van der Waals surface area (Å²) in [5.74, 6) is -0.191. The zero-order valence-electron chi connectivity index (χ0n) is 12.3. The Morgan fingerprint density at radius 3 is 2.33 bits per heavy atom. The Morgan fingerprint density at radius 2 is 1.86 bits per heavy atom. The number of rotatable bonds is 6. The summed E-state index contributed by atoms with van der Waals surface area (Å²) < 4.78 is 37.4. The van der Waals surface area contributed by atoms with E-state index in [1.807, 2.05) is 6.92 Å². The first-order chi connectivity index (χ1) is 9.75. The lowest BCUT2D eigenvalue weighted by atomic mass is 10.1. The summed E-state index contributed by atoms with van der Waals surface area (Å²) in [6.45, 7) is 2.26. The highest BCUT2D eigenvalue weighted by molar-refractivity contribution is 5.81. The predicted molar refractivity (Wildman–Crippen MR) is 75.4 cm³/mol. The first kappa shape index (κ1) is 17.5. The van der Waals surface area contributed by atoms with Crippen LogP contribution < -0.4 is 5.73 Å². The third-order valence-electron chi connectivity index (χ3n) is 3.26. The second-order valence-corrected chi connectivity index (χ2v) is 5.14. The van der Waals surface area contributed by atoms with Gasteiger partial charge >= 0.3 is 6.18 Å². The molecule has 1 rings (SSSR count). The average molecular weight is 302 g/mol. The molecule has 0 aromatic heterocycles. The van der Waals surface area contributed by atoms with Crippen molar-refractivity contribution < 1.29 is 18.0 Å². The number of hydrogen-bond donors (Lipinski definition) is 1. The van der Waals surface area contributed by atoms with E-state index in [2.05, 4.69) is 0 Å². The molecule has 1 amide bonds. The van der Waals surface area contributed by atoms with Crippen molar-refractivity contribution in [2.24, 2.45) is 5.73 Å². The van der Waals surface area contributed by atoms with Gasteiger partial charge in [0.2, 0.25) is 5.91 Å². The Bertz CT molecular complexity index is 457. The monoisotopic (exact) mass is 302 g/mol. The molecule has 0 radical (unpaired) electrons. The summed E-state index contributed by atoms with van der Waals surface area (Å²) in [5, 5.41) is 0. The molecule has 118 valence electrons. The molecule has 0 aliphatic carbocycles. The van der Waals surface area contributed by atoms with Crippen LogP contribution in [-0.4, -0.2) is 23.9 Å². The molecule has 0 saturated heterocycles. The van der Waals surface area contributed by atoms with E-state index in [9.17, 15) is 18.0 Å². The van der Waals surface area contributed by atoms with Crippen LogP contribution in [0.3, 0.4) is 0 Å². The first-order valence-electron chi connectivity index (χ1n) is 6.92. The van der Waals surface area contributed by atoms with Gasteiger partial charge in [0.25, 0.3) is 0 Å². The van der Waals surface area contributed by atoms with Crippen LogP contribution in [-0.2, 0) is 17.5 Å². The SMILES string of the molecule is CCCC[C@H](N)C(=O)N(C)Cc1ccc(C(F)(F)F)cc1. The molecule has 1 aromatic rings. The first-order valence-corrected chi connectivity index (χ1v) is 6.92. The number of carbonyl (C=O) groups excluding carboxylic acids is 1. The van der Waals surface area contributed by atoms with E-state index in [1.165, 1.54) is 17.0 Å². The summed E-state index contributed by atoms with van der Waals surface area (Å²) >= 11 is 0. The number of amides is 1. The van der Waals surface area contributed by atoms with Gasteiger partial charge < -0.3 is 10.6 Å². The van der Waals surface area contributed by atoms with E-state index in [0.29, 0.717) is 12.0 Å². The van der Waals surface area contributed by atoms with Crippen molar-refractivity contribution in [3.63, 3.8) is 0 Å². The van der Waals surface area contributed by atoms with Gasteiger partial charge in [-0.25, -0.2) is 0 Å². The van der Waals surface area contributed by atoms with Crippen LogP contribution in [0.2, 0.25) is 0 Å². The number of benzene rings is 1. The van der Waals surface area contributed by atoms with E-state index >= 15 is 0 Å². The summed E-state index contributed by atoms with van der Waals surface area (Å²) in [5.41, 5.74) is 5.74. The largest absolute Gasteiger partial charge is 0.416 e. The van der Waals surface area contributed by atoms with Crippen molar-refractivity contribution >= 4 is 5.91 Å². The molecule has 1 aromatic carbocycles. The van der Waals surface area contributed by atoms with Gasteiger partial charge in [-0.1, -0.05) is 31.9 Å². The summed E-state index contributed by atoms with van der Waals surface area (Å²) in [4.78, 5) is 13.4. The lowest BCUT2D eigenvalue weighted by molar-refractivity contribution is -0.137. The molecule has 0 saturated carbocycles. The molecule has 0 bridgehead atoms. The van der Waals surface area contributed by atoms with Crippen LogP contribution in [0.5, 0.6) is 0 Å². The molecule has 0 heterocycles. The van der Waals surface area contributed by atoms with Gasteiger partial charge in [-0.05, 0) is 24.1 Å². The third-order valence-corrected chi connectivity index (χ3v) is 3.26. The molecule has 2 N–H and O–H groups in total. The highest BCUT2D eigenvalue weighted by Gasteiger charge is 2.30. The second-order valence-electron chi connectivity index (χ2n) is 5.14. The smallest absolute Gasteiger partial charge is 0.340 e. The number of halogens is 3. The number of unbranched alkanes of at least 4 members (excludes halogenated alkanes) is 1. The lowest BCUT2D eigenvalue weighted by Crippen LogP contribution is -2.41. The molecule has 3 nitrogen and oxygen atoms in total. The maximum atomic E-state index is 12.5. The van der Waals surface area contributed by atoms with Crippen molar-refractivity contribution in [1.29, 1.82) is 0 Å². The fraction of sp³-hybridized carbons (Fsp3) is 0.533. The van der Waals surface area contributed by atoms with E-state index in [0.717, 1.165) is 25.0 Å². The maximum absolute atomic E-state index is 12.5. The average Bonchev–Trinajstić information content (AvgIpc) is 2.43. The minimum absolute atomic E-state index is 0.191. The summed E-state index contributed by atoms with van der Waals surface area (Å²) in [7, 11) is 1.60. The van der Waals surface area contributed by atoms with Crippen LogP contribution in [0.25, 0.3) is 0 Å². The van der Waals surface area contributed by atoms with E-state index in [4.69, 9.17) is 5.73 Å². The highest BCUT2D eigenvalue weighted by Crippen LogP contribution is 2.29. The number of nitrogens with two attached hydrogens (primary N) is 1. The molecular weight excluding hydrogens is 281 g/mol. The Morgan fingerprint density at radius 1 is 1.29 bits per heavy atom. The minimum atomic E-state index is -4.34. The number of hydrogen-bond acceptors (Lipinski definition) is 2. The van der Waals surface area contributed by atoms with Crippen LogP contribution in [0.1, 0.15) is 37.3 Å². The predicted octanol–water partition coefficient (Wildman–Crippen LogP) is 3.18. The molecule has 0 fully saturated rings. The zero-order valence-corrected chi connectivity index (χ0v) is 12.3. The molecule has 6 heteroatoms. The molecule has 1 atom stereocenters. The standard InChI is InChI=1S/C15H21F3N2O/c1-3-4-5-13(19)14(21)20(2)10-11-6-8-12(9-7-11)15(16,17)18/h6-9,13H,3-5,10,19H2,1-2H3/t13-/m0/s1.